The van der Waals surface area contributed by atoms with Crippen molar-refractivity contribution in [3.05, 3.63) is 48.5 Å². The van der Waals surface area contributed by atoms with Gasteiger partial charge in [0.25, 0.3) is 0 Å². The van der Waals surface area contributed by atoms with Crippen LogP contribution in [0.1, 0.15) is 41.5 Å². The van der Waals surface area contributed by atoms with Gasteiger partial charge in [-0.3, -0.25) is 0 Å². The first-order valence-electron chi connectivity index (χ1n) is 9.81. The van der Waals surface area contributed by atoms with E-state index in [-0.39, 0.29) is 0 Å². The van der Waals surface area contributed by atoms with Gasteiger partial charge in [0, 0.05) is 16.3 Å². The minimum absolute atomic E-state index is 0.620. The second kappa shape index (κ2) is 6.02. The molecule has 0 spiro atoms. The lowest BCUT2D eigenvalue weighted by atomic mass is 10.1. The largest absolute Gasteiger partial charge is 0.440 e. The predicted molar refractivity (Wildman–Crippen MR) is 116 cm³/mol. The van der Waals surface area contributed by atoms with Gasteiger partial charge in [0.1, 0.15) is 5.58 Å². The summed E-state index contributed by atoms with van der Waals surface area (Å²) in [5.74, 6) is 0. The van der Waals surface area contributed by atoms with Crippen LogP contribution < -0.4 is 0 Å². The molecule has 0 radical (unpaired) electrons. The third-order valence-electron chi connectivity index (χ3n) is 6.36. The molecular weight excluding hydrogens is 334 g/mol. The maximum atomic E-state index is 6.52. The molecule has 0 saturated heterocycles. The van der Waals surface area contributed by atoms with Crippen LogP contribution in [0.4, 0.5) is 0 Å². The average Bonchev–Trinajstić information content (AvgIpc) is 3.10. The standard InChI is InChI=1S/C23H29NOSi/c1-15(2)26(16(3)4,17(5)6)24-20-13-9-7-11-18(20)22-19-12-8-10-14-21(19)25-23(22)24/h7-17H,1-6H3. The van der Waals surface area contributed by atoms with Gasteiger partial charge in [-0.1, -0.05) is 77.9 Å². The first-order valence-corrected chi connectivity index (χ1v) is 12.0. The molecule has 0 saturated carbocycles. The molecule has 2 heterocycles. The zero-order valence-corrected chi connectivity index (χ0v) is 17.7. The van der Waals surface area contributed by atoms with Crippen LogP contribution in [-0.4, -0.2) is 12.5 Å². The number of hydrogen-bond donors (Lipinski definition) is 0. The second-order valence-corrected chi connectivity index (χ2v) is 14.2. The fraction of sp³-hybridized carbons (Fsp3) is 0.391. The normalized spacial score (nSPS) is 13.3. The van der Waals surface area contributed by atoms with Gasteiger partial charge in [-0.05, 0) is 28.8 Å². The van der Waals surface area contributed by atoms with E-state index < -0.39 is 8.24 Å². The average molecular weight is 364 g/mol. The maximum Gasteiger partial charge on any atom is 0.201 e. The fourth-order valence-electron chi connectivity index (χ4n) is 5.60. The van der Waals surface area contributed by atoms with Gasteiger partial charge in [0.2, 0.25) is 5.71 Å². The Kier molecular flexibility index (Phi) is 4.03. The Hall–Kier alpha value is -2.00. The zero-order valence-electron chi connectivity index (χ0n) is 16.7. The van der Waals surface area contributed by atoms with Crippen LogP contribution in [0.3, 0.4) is 0 Å². The monoisotopic (exact) mass is 363 g/mol. The Bertz CT molecular complexity index is 1060. The van der Waals surface area contributed by atoms with Gasteiger partial charge < -0.3 is 8.65 Å². The van der Waals surface area contributed by atoms with Gasteiger partial charge in [-0.25, -0.2) is 0 Å². The Balaban J connectivity index is 2.27. The van der Waals surface area contributed by atoms with Crippen LogP contribution >= 0.6 is 0 Å². The number of fused-ring (bicyclic) bond motifs is 5. The fourth-order valence-corrected chi connectivity index (χ4v) is 12.3. The summed E-state index contributed by atoms with van der Waals surface area (Å²) in [4.78, 5) is 0. The summed E-state index contributed by atoms with van der Waals surface area (Å²) >= 11 is 0. The van der Waals surface area contributed by atoms with Crippen molar-refractivity contribution in [2.24, 2.45) is 0 Å². The van der Waals surface area contributed by atoms with E-state index in [1.165, 1.54) is 21.7 Å². The van der Waals surface area contributed by atoms with Crippen LogP contribution in [-0.2, 0) is 0 Å². The molecule has 4 aromatic rings. The number of rotatable bonds is 4. The number of hydrogen-bond acceptors (Lipinski definition) is 1. The first kappa shape index (κ1) is 17.4. The van der Waals surface area contributed by atoms with E-state index >= 15 is 0 Å². The predicted octanol–water partition coefficient (Wildman–Crippen LogP) is 7.56. The third kappa shape index (κ3) is 2.10. The van der Waals surface area contributed by atoms with Crippen molar-refractivity contribution in [2.45, 2.75) is 58.2 Å². The highest BCUT2D eigenvalue weighted by Gasteiger charge is 2.47. The van der Waals surface area contributed by atoms with E-state index in [1.807, 2.05) is 0 Å². The van der Waals surface area contributed by atoms with Crippen molar-refractivity contribution in [3.63, 3.8) is 0 Å². The highest BCUT2D eigenvalue weighted by Crippen LogP contribution is 2.48. The first-order chi connectivity index (χ1) is 12.4. The van der Waals surface area contributed by atoms with Crippen molar-refractivity contribution < 1.29 is 4.42 Å². The highest BCUT2D eigenvalue weighted by molar-refractivity contribution is 6.83. The molecule has 2 nitrogen and oxygen atoms in total. The minimum Gasteiger partial charge on any atom is -0.440 e. The molecule has 0 aliphatic heterocycles. The van der Waals surface area contributed by atoms with E-state index in [1.54, 1.807) is 0 Å². The molecular formula is C23H29NOSi. The van der Waals surface area contributed by atoms with Crippen molar-refractivity contribution in [2.75, 3.05) is 0 Å². The summed E-state index contributed by atoms with van der Waals surface area (Å²) in [6, 6.07) is 17.3. The summed E-state index contributed by atoms with van der Waals surface area (Å²) in [5, 5.41) is 3.85. The molecule has 2 aromatic heterocycles. The summed E-state index contributed by atoms with van der Waals surface area (Å²) in [6.45, 7) is 14.5. The number of furan rings is 1. The second-order valence-electron chi connectivity index (χ2n) is 8.48. The van der Waals surface area contributed by atoms with Crippen molar-refractivity contribution in [1.29, 1.82) is 0 Å². The van der Waals surface area contributed by atoms with Crippen LogP contribution in [0.5, 0.6) is 0 Å². The molecule has 0 atom stereocenters. The van der Waals surface area contributed by atoms with Gasteiger partial charge in [-0.15, -0.1) is 0 Å². The molecule has 0 unspecified atom stereocenters. The van der Waals surface area contributed by atoms with Crippen LogP contribution in [0.15, 0.2) is 52.9 Å². The number of benzene rings is 2. The van der Waals surface area contributed by atoms with Crippen molar-refractivity contribution in [3.8, 4) is 0 Å². The molecule has 0 N–H and O–H groups in total. The molecule has 0 fully saturated rings. The summed E-state index contributed by atoms with van der Waals surface area (Å²) in [6.07, 6.45) is 0. The summed E-state index contributed by atoms with van der Waals surface area (Å²) in [5.41, 5.74) is 5.28. The third-order valence-corrected chi connectivity index (χ3v) is 13.1. The zero-order chi connectivity index (χ0) is 18.6. The summed E-state index contributed by atoms with van der Waals surface area (Å²) in [7, 11) is -1.92. The van der Waals surface area contributed by atoms with E-state index in [4.69, 9.17) is 4.42 Å². The highest BCUT2D eigenvalue weighted by atomic mass is 28.3. The molecule has 136 valence electrons. The molecule has 0 aliphatic carbocycles. The number of nitrogens with zero attached hydrogens (tertiary/aromatic N) is 1. The van der Waals surface area contributed by atoms with E-state index in [9.17, 15) is 0 Å². The van der Waals surface area contributed by atoms with Crippen LogP contribution in [0, 0.1) is 0 Å². The van der Waals surface area contributed by atoms with Gasteiger partial charge >= 0.3 is 0 Å². The molecule has 3 heteroatoms. The van der Waals surface area contributed by atoms with E-state index in [2.05, 4.69) is 94.3 Å². The molecule has 4 rings (SSSR count). The minimum atomic E-state index is -1.92. The lowest BCUT2D eigenvalue weighted by molar-refractivity contribution is 0.639. The maximum absolute atomic E-state index is 6.52. The van der Waals surface area contributed by atoms with Crippen LogP contribution in [0.25, 0.3) is 33.0 Å². The Labute approximate surface area is 156 Å². The van der Waals surface area contributed by atoms with Crippen LogP contribution in [0.2, 0.25) is 16.6 Å². The van der Waals surface area contributed by atoms with Crippen molar-refractivity contribution >= 4 is 41.2 Å². The molecule has 0 amide bonds. The number of aromatic nitrogens is 1. The SMILES string of the molecule is CC(C)[Si](C(C)C)(C(C)C)n1c2ccccc2c2c3ccccc3oc21. The Morgan fingerprint density at radius 3 is 1.88 bits per heavy atom. The van der Waals surface area contributed by atoms with E-state index in [0.717, 1.165) is 11.3 Å². The molecule has 2 aromatic carbocycles. The van der Waals surface area contributed by atoms with E-state index in [0.29, 0.717) is 16.6 Å². The quantitative estimate of drug-likeness (QED) is 0.342. The summed E-state index contributed by atoms with van der Waals surface area (Å²) < 4.78 is 9.19. The molecule has 0 bridgehead atoms. The van der Waals surface area contributed by atoms with Crippen molar-refractivity contribution in [1.82, 2.24) is 4.23 Å². The van der Waals surface area contributed by atoms with Gasteiger partial charge in [0.15, 0.2) is 8.24 Å². The molecule has 0 aliphatic rings. The van der Waals surface area contributed by atoms with Gasteiger partial charge in [-0.2, -0.15) is 0 Å². The topological polar surface area (TPSA) is 18.1 Å². The lowest BCUT2D eigenvalue weighted by Crippen LogP contribution is -2.51. The number of para-hydroxylation sites is 2. The Morgan fingerprint density at radius 2 is 1.27 bits per heavy atom. The smallest absolute Gasteiger partial charge is 0.201 e. The lowest BCUT2D eigenvalue weighted by Gasteiger charge is -2.44. The molecule has 26 heavy (non-hydrogen) atoms. The van der Waals surface area contributed by atoms with Gasteiger partial charge in [0.05, 0.1) is 5.39 Å². The Morgan fingerprint density at radius 1 is 0.731 bits per heavy atom.